The van der Waals surface area contributed by atoms with E-state index in [-0.39, 0.29) is 37.3 Å². The van der Waals surface area contributed by atoms with Crippen LogP contribution in [0.2, 0.25) is 0 Å². The van der Waals surface area contributed by atoms with Crippen LogP contribution in [-0.4, -0.2) is 71.1 Å². The smallest absolute Gasteiger partial charge is 0.326 e. The number of hydrogen-bond acceptors (Lipinski definition) is 6. The van der Waals surface area contributed by atoms with Crippen molar-refractivity contribution in [3.63, 3.8) is 0 Å². The maximum absolute atomic E-state index is 12.5. The molecule has 1 rings (SSSR count). The molecular formula is C18H30N4O7. The summed E-state index contributed by atoms with van der Waals surface area (Å²) in [6.45, 7) is 3.95. The molecule has 0 aliphatic carbocycles. The van der Waals surface area contributed by atoms with Gasteiger partial charge in [0.2, 0.25) is 17.7 Å². The molecule has 0 bridgehead atoms. The Morgan fingerprint density at radius 3 is 2.28 bits per heavy atom. The molecule has 3 atom stereocenters. The van der Waals surface area contributed by atoms with Crippen molar-refractivity contribution in [2.45, 2.75) is 64.1 Å². The normalized spacial score (nSPS) is 18.0. The molecule has 0 saturated carbocycles. The third-order valence-electron chi connectivity index (χ3n) is 4.42. The van der Waals surface area contributed by atoms with Gasteiger partial charge in [-0.1, -0.05) is 13.8 Å². The Kier molecular flexibility index (Phi) is 10.1. The molecule has 29 heavy (non-hydrogen) atoms. The highest BCUT2D eigenvalue weighted by Gasteiger charge is 2.28. The van der Waals surface area contributed by atoms with Gasteiger partial charge in [-0.15, -0.1) is 0 Å². The third-order valence-corrected chi connectivity index (χ3v) is 4.42. The van der Waals surface area contributed by atoms with Crippen LogP contribution in [0, 0.1) is 5.92 Å². The Balaban J connectivity index is 2.65. The highest BCUT2D eigenvalue weighted by molar-refractivity contribution is 5.92. The Bertz CT molecular complexity index is 617. The minimum absolute atomic E-state index is 0.00266. The molecule has 1 aliphatic rings. The fraction of sp³-hybridized carbons (Fsp3) is 0.722. The molecule has 1 saturated heterocycles. The zero-order chi connectivity index (χ0) is 22.0. The molecule has 11 nitrogen and oxygen atoms in total. The minimum atomic E-state index is -1.23. The Labute approximate surface area is 169 Å². The van der Waals surface area contributed by atoms with Gasteiger partial charge in [0.05, 0.1) is 12.6 Å². The van der Waals surface area contributed by atoms with Gasteiger partial charge >= 0.3 is 11.9 Å². The first-order chi connectivity index (χ1) is 13.6. The highest BCUT2D eigenvalue weighted by Crippen LogP contribution is 2.07. The molecule has 0 aromatic carbocycles. The van der Waals surface area contributed by atoms with Crippen LogP contribution in [0.3, 0.4) is 0 Å². The number of carbonyl (C=O) groups excluding carboxylic acids is 3. The van der Waals surface area contributed by atoms with Crippen molar-refractivity contribution in [1.82, 2.24) is 21.3 Å². The van der Waals surface area contributed by atoms with Crippen LogP contribution in [0.4, 0.5) is 0 Å². The first-order valence-corrected chi connectivity index (χ1v) is 9.65. The number of carboxylic acids is 2. The molecule has 1 fully saturated rings. The molecule has 0 aromatic rings. The lowest BCUT2D eigenvalue weighted by Gasteiger charge is -2.22. The van der Waals surface area contributed by atoms with Crippen molar-refractivity contribution in [2.75, 3.05) is 13.1 Å². The Morgan fingerprint density at radius 2 is 1.76 bits per heavy atom. The summed E-state index contributed by atoms with van der Waals surface area (Å²) in [6.07, 6.45) is 1.12. The van der Waals surface area contributed by atoms with Gasteiger partial charge in [-0.25, -0.2) is 4.79 Å². The molecule has 3 unspecified atom stereocenters. The van der Waals surface area contributed by atoms with E-state index < -0.39 is 42.3 Å². The van der Waals surface area contributed by atoms with Crippen molar-refractivity contribution in [1.29, 1.82) is 0 Å². The fourth-order valence-corrected chi connectivity index (χ4v) is 2.95. The molecule has 3 amide bonds. The lowest BCUT2D eigenvalue weighted by atomic mass is 10.0. The number of nitrogens with one attached hydrogen (secondary N) is 4. The van der Waals surface area contributed by atoms with Crippen molar-refractivity contribution in [3.05, 3.63) is 0 Å². The first kappa shape index (κ1) is 24.3. The van der Waals surface area contributed by atoms with E-state index in [1.54, 1.807) is 13.8 Å². The topological polar surface area (TPSA) is 174 Å². The number of carbonyl (C=O) groups is 5. The molecule has 11 heteroatoms. The summed E-state index contributed by atoms with van der Waals surface area (Å²) >= 11 is 0. The second-order valence-electron chi connectivity index (χ2n) is 7.45. The second kappa shape index (κ2) is 12.0. The molecule has 0 spiro atoms. The molecule has 0 radical (unpaired) electrons. The van der Waals surface area contributed by atoms with Crippen LogP contribution in [-0.2, 0) is 24.0 Å². The molecule has 1 heterocycles. The molecule has 6 N–H and O–H groups in total. The van der Waals surface area contributed by atoms with Crippen LogP contribution in [0.15, 0.2) is 0 Å². The monoisotopic (exact) mass is 414 g/mol. The molecule has 1 aliphatic heterocycles. The van der Waals surface area contributed by atoms with Gasteiger partial charge in [0.15, 0.2) is 0 Å². The van der Waals surface area contributed by atoms with Crippen molar-refractivity contribution in [3.8, 4) is 0 Å². The van der Waals surface area contributed by atoms with Crippen LogP contribution in [0.25, 0.3) is 0 Å². The third kappa shape index (κ3) is 9.37. The van der Waals surface area contributed by atoms with Gasteiger partial charge in [0.25, 0.3) is 0 Å². The van der Waals surface area contributed by atoms with Gasteiger partial charge in [-0.05, 0) is 38.1 Å². The SMILES string of the molecule is CC(C)CC(NC(=O)C(CCC(=O)O)NC(=O)CNC(=O)C1CCCN1)C(=O)O. The van der Waals surface area contributed by atoms with Gasteiger partial charge in [0, 0.05) is 6.42 Å². The summed E-state index contributed by atoms with van der Waals surface area (Å²) in [5, 5.41) is 28.3. The van der Waals surface area contributed by atoms with Crippen LogP contribution >= 0.6 is 0 Å². The van der Waals surface area contributed by atoms with E-state index in [0.29, 0.717) is 6.42 Å². The van der Waals surface area contributed by atoms with E-state index in [4.69, 9.17) is 5.11 Å². The van der Waals surface area contributed by atoms with Gasteiger partial charge in [-0.3, -0.25) is 19.2 Å². The summed E-state index contributed by atoms with van der Waals surface area (Å²) in [4.78, 5) is 58.7. The summed E-state index contributed by atoms with van der Waals surface area (Å²) < 4.78 is 0. The fourth-order valence-electron chi connectivity index (χ4n) is 2.95. The van der Waals surface area contributed by atoms with Crippen molar-refractivity contribution in [2.24, 2.45) is 5.92 Å². The summed E-state index contributed by atoms with van der Waals surface area (Å²) in [7, 11) is 0. The molecule has 0 aromatic heterocycles. The predicted molar refractivity (Wildman–Crippen MR) is 102 cm³/mol. The van der Waals surface area contributed by atoms with Gasteiger partial charge in [-0.2, -0.15) is 0 Å². The van der Waals surface area contributed by atoms with Crippen LogP contribution < -0.4 is 21.3 Å². The lowest BCUT2D eigenvalue weighted by Crippen LogP contribution is -2.54. The van der Waals surface area contributed by atoms with E-state index in [0.717, 1.165) is 13.0 Å². The van der Waals surface area contributed by atoms with Gasteiger partial charge in [0.1, 0.15) is 12.1 Å². The molecular weight excluding hydrogens is 384 g/mol. The lowest BCUT2D eigenvalue weighted by molar-refractivity contribution is -0.143. The average Bonchev–Trinajstić information content (AvgIpc) is 3.16. The number of aliphatic carboxylic acids is 2. The van der Waals surface area contributed by atoms with Crippen molar-refractivity contribution < 1.29 is 34.2 Å². The van der Waals surface area contributed by atoms with Crippen molar-refractivity contribution >= 4 is 29.7 Å². The maximum atomic E-state index is 12.5. The summed E-state index contributed by atoms with van der Waals surface area (Å²) in [6, 6.07) is -2.74. The van der Waals surface area contributed by atoms with Crippen LogP contribution in [0.1, 0.15) is 46.0 Å². The van der Waals surface area contributed by atoms with Gasteiger partial charge < -0.3 is 31.5 Å². The van der Waals surface area contributed by atoms with E-state index in [2.05, 4.69) is 21.3 Å². The van der Waals surface area contributed by atoms with Crippen LogP contribution in [0.5, 0.6) is 0 Å². The standard InChI is InChI=1S/C18H30N4O7/c1-10(2)8-13(18(28)29)22-17(27)12(5-6-15(24)25)21-14(23)9-20-16(26)11-4-3-7-19-11/h10-13,19H,3-9H2,1-2H3,(H,20,26)(H,21,23)(H,22,27)(H,24,25)(H,28,29). The number of hydrogen-bond donors (Lipinski definition) is 6. The zero-order valence-electron chi connectivity index (χ0n) is 16.7. The minimum Gasteiger partial charge on any atom is -0.481 e. The number of amides is 3. The van der Waals surface area contributed by atoms with E-state index >= 15 is 0 Å². The average molecular weight is 414 g/mol. The van der Waals surface area contributed by atoms with E-state index in [1.807, 2.05) is 0 Å². The molecule has 164 valence electrons. The highest BCUT2D eigenvalue weighted by atomic mass is 16.4. The summed E-state index contributed by atoms with van der Waals surface area (Å²) in [5.41, 5.74) is 0. The maximum Gasteiger partial charge on any atom is 0.326 e. The Hall–Kier alpha value is -2.69. The number of carboxylic acid groups (broad SMARTS) is 2. The zero-order valence-corrected chi connectivity index (χ0v) is 16.7. The quantitative estimate of drug-likeness (QED) is 0.231. The summed E-state index contributed by atoms with van der Waals surface area (Å²) in [5.74, 6) is -4.15. The van der Waals surface area contributed by atoms with E-state index in [1.165, 1.54) is 0 Å². The number of rotatable bonds is 12. The Morgan fingerprint density at radius 1 is 1.07 bits per heavy atom. The first-order valence-electron chi connectivity index (χ1n) is 9.65. The predicted octanol–water partition coefficient (Wildman–Crippen LogP) is -1.18. The largest absolute Gasteiger partial charge is 0.481 e. The van der Waals surface area contributed by atoms with E-state index in [9.17, 15) is 29.1 Å². The second-order valence-corrected chi connectivity index (χ2v) is 7.45.